The molecule has 0 bridgehead atoms. The number of carbonyl (C=O) groups is 1. The maximum atomic E-state index is 11.8. The minimum atomic E-state index is -0.395. The van der Waals surface area contributed by atoms with E-state index in [1.54, 1.807) is 24.9 Å². The van der Waals surface area contributed by atoms with Gasteiger partial charge in [0.1, 0.15) is 16.5 Å². The smallest absolute Gasteiger partial charge is 0.244 e. The third-order valence-electron chi connectivity index (χ3n) is 2.28. The SMILES string of the molecule is CCN(C)C(=O)C(C)Nc1nc(N)cc(Br)n1. The van der Waals surface area contributed by atoms with Crippen LogP contribution in [0.25, 0.3) is 0 Å². The first-order valence-corrected chi connectivity index (χ1v) is 6.05. The van der Waals surface area contributed by atoms with Crippen molar-refractivity contribution >= 4 is 33.6 Å². The van der Waals surface area contributed by atoms with E-state index >= 15 is 0 Å². The molecule has 1 aromatic heterocycles. The van der Waals surface area contributed by atoms with Gasteiger partial charge in [-0.2, -0.15) is 4.98 Å². The number of aromatic nitrogens is 2. The van der Waals surface area contributed by atoms with Crippen LogP contribution in [-0.4, -0.2) is 40.4 Å². The van der Waals surface area contributed by atoms with E-state index in [0.29, 0.717) is 22.9 Å². The lowest BCUT2D eigenvalue weighted by atomic mass is 10.3. The van der Waals surface area contributed by atoms with Crippen molar-refractivity contribution in [2.75, 3.05) is 24.6 Å². The Bertz CT molecular complexity index is 391. The van der Waals surface area contributed by atoms with Crippen molar-refractivity contribution < 1.29 is 4.79 Å². The van der Waals surface area contributed by atoms with Crippen LogP contribution < -0.4 is 11.1 Å². The molecule has 0 aliphatic rings. The molecule has 0 spiro atoms. The summed E-state index contributed by atoms with van der Waals surface area (Å²) in [6.07, 6.45) is 0. The summed E-state index contributed by atoms with van der Waals surface area (Å²) in [6.45, 7) is 4.33. The first-order chi connectivity index (χ1) is 7.93. The summed E-state index contributed by atoms with van der Waals surface area (Å²) in [6, 6.07) is 1.20. The number of nitrogens with one attached hydrogen (secondary N) is 1. The van der Waals surface area contributed by atoms with Gasteiger partial charge in [-0.25, -0.2) is 4.98 Å². The summed E-state index contributed by atoms with van der Waals surface area (Å²) in [5, 5.41) is 2.92. The predicted molar refractivity (Wildman–Crippen MR) is 70.5 cm³/mol. The van der Waals surface area contributed by atoms with Crippen LogP contribution in [0.2, 0.25) is 0 Å². The highest BCUT2D eigenvalue weighted by molar-refractivity contribution is 9.10. The second-order valence-electron chi connectivity index (χ2n) is 3.66. The van der Waals surface area contributed by atoms with Crippen LogP contribution in [-0.2, 0) is 4.79 Å². The number of halogens is 1. The highest BCUT2D eigenvalue weighted by Gasteiger charge is 2.17. The van der Waals surface area contributed by atoms with Gasteiger partial charge in [-0.15, -0.1) is 0 Å². The van der Waals surface area contributed by atoms with Crippen molar-refractivity contribution in [3.05, 3.63) is 10.7 Å². The van der Waals surface area contributed by atoms with Gasteiger partial charge < -0.3 is 16.0 Å². The molecule has 0 saturated carbocycles. The molecule has 0 aliphatic carbocycles. The molecule has 0 aliphatic heterocycles. The first kappa shape index (κ1) is 13.7. The summed E-state index contributed by atoms with van der Waals surface area (Å²) in [5.74, 6) is 0.662. The molecular weight excluding hydrogens is 286 g/mol. The van der Waals surface area contributed by atoms with Gasteiger partial charge in [-0.3, -0.25) is 4.79 Å². The third-order valence-corrected chi connectivity index (χ3v) is 2.69. The van der Waals surface area contributed by atoms with Crippen LogP contribution in [0.5, 0.6) is 0 Å². The van der Waals surface area contributed by atoms with Crippen molar-refractivity contribution in [2.24, 2.45) is 0 Å². The van der Waals surface area contributed by atoms with Gasteiger partial charge in [0.05, 0.1) is 0 Å². The molecule has 7 heteroatoms. The van der Waals surface area contributed by atoms with Crippen molar-refractivity contribution in [3.8, 4) is 0 Å². The van der Waals surface area contributed by atoms with E-state index in [2.05, 4.69) is 31.2 Å². The summed E-state index contributed by atoms with van der Waals surface area (Å²) in [4.78, 5) is 21.5. The summed E-state index contributed by atoms with van der Waals surface area (Å²) in [7, 11) is 1.75. The van der Waals surface area contributed by atoms with E-state index in [0.717, 1.165) is 0 Å². The zero-order valence-electron chi connectivity index (χ0n) is 10.1. The number of anilines is 2. The topological polar surface area (TPSA) is 84.1 Å². The summed E-state index contributed by atoms with van der Waals surface area (Å²) < 4.78 is 0.580. The number of amides is 1. The van der Waals surface area contributed by atoms with Crippen LogP contribution in [0.1, 0.15) is 13.8 Å². The third kappa shape index (κ3) is 3.85. The van der Waals surface area contributed by atoms with Crippen LogP contribution in [0.4, 0.5) is 11.8 Å². The molecule has 1 unspecified atom stereocenters. The minimum Gasteiger partial charge on any atom is -0.383 e. The molecule has 6 nitrogen and oxygen atoms in total. The number of nitrogen functional groups attached to an aromatic ring is 1. The first-order valence-electron chi connectivity index (χ1n) is 5.25. The number of nitrogens with zero attached hydrogens (tertiary/aromatic N) is 3. The second kappa shape index (κ2) is 5.81. The maximum Gasteiger partial charge on any atom is 0.244 e. The molecule has 1 rings (SSSR count). The molecule has 94 valence electrons. The average Bonchev–Trinajstić information content (AvgIpc) is 2.25. The standard InChI is InChI=1S/C10H16BrN5O/c1-4-16(3)9(17)6(2)13-10-14-7(11)5-8(12)15-10/h5-6H,4H2,1-3H3,(H3,12,13,14,15). The van der Waals surface area contributed by atoms with Gasteiger partial charge in [-0.05, 0) is 29.8 Å². The lowest BCUT2D eigenvalue weighted by Crippen LogP contribution is -2.39. The largest absolute Gasteiger partial charge is 0.383 e. The lowest BCUT2D eigenvalue weighted by molar-refractivity contribution is -0.130. The van der Waals surface area contributed by atoms with E-state index in [9.17, 15) is 4.79 Å². The van der Waals surface area contributed by atoms with Crippen LogP contribution in [0, 0.1) is 0 Å². The fraction of sp³-hybridized carbons (Fsp3) is 0.500. The Morgan fingerprint density at radius 1 is 1.65 bits per heavy atom. The maximum absolute atomic E-state index is 11.8. The summed E-state index contributed by atoms with van der Waals surface area (Å²) >= 11 is 3.22. The number of hydrogen-bond donors (Lipinski definition) is 2. The Morgan fingerprint density at radius 2 is 2.29 bits per heavy atom. The van der Waals surface area contributed by atoms with Gasteiger partial charge in [-0.1, -0.05) is 0 Å². The molecule has 0 radical (unpaired) electrons. The normalized spacial score (nSPS) is 12.0. The second-order valence-corrected chi connectivity index (χ2v) is 4.47. The number of carbonyl (C=O) groups excluding carboxylic acids is 1. The Labute approximate surface area is 109 Å². The Morgan fingerprint density at radius 3 is 2.82 bits per heavy atom. The monoisotopic (exact) mass is 301 g/mol. The molecule has 0 aromatic carbocycles. The Kier molecular flexibility index (Phi) is 4.68. The molecule has 1 aromatic rings. The zero-order chi connectivity index (χ0) is 13.0. The Balaban J connectivity index is 2.74. The van der Waals surface area contributed by atoms with Crippen LogP contribution >= 0.6 is 15.9 Å². The predicted octanol–water partition coefficient (Wildman–Crippen LogP) is 1.10. The lowest BCUT2D eigenvalue weighted by Gasteiger charge is -2.20. The van der Waals surface area contributed by atoms with Gasteiger partial charge in [0.25, 0.3) is 0 Å². The van der Waals surface area contributed by atoms with E-state index in [4.69, 9.17) is 5.73 Å². The van der Waals surface area contributed by atoms with E-state index < -0.39 is 6.04 Å². The average molecular weight is 302 g/mol. The fourth-order valence-electron chi connectivity index (χ4n) is 1.24. The molecule has 1 amide bonds. The number of rotatable bonds is 4. The molecule has 17 heavy (non-hydrogen) atoms. The molecule has 0 saturated heterocycles. The van der Waals surface area contributed by atoms with Gasteiger partial charge in [0.15, 0.2) is 0 Å². The number of likely N-dealkylation sites (N-methyl/N-ethyl adjacent to an activating group) is 1. The quantitative estimate of drug-likeness (QED) is 0.814. The molecule has 0 fully saturated rings. The van der Waals surface area contributed by atoms with Crippen molar-refractivity contribution in [2.45, 2.75) is 19.9 Å². The highest BCUT2D eigenvalue weighted by atomic mass is 79.9. The summed E-state index contributed by atoms with van der Waals surface area (Å²) in [5.41, 5.74) is 5.58. The van der Waals surface area contributed by atoms with E-state index in [-0.39, 0.29) is 5.91 Å². The van der Waals surface area contributed by atoms with Crippen molar-refractivity contribution in [1.29, 1.82) is 0 Å². The van der Waals surface area contributed by atoms with Crippen molar-refractivity contribution in [3.63, 3.8) is 0 Å². The fourth-order valence-corrected chi connectivity index (χ4v) is 1.64. The molecular formula is C10H16BrN5O. The van der Waals surface area contributed by atoms with Crippen molar-refractivity contribution in [1.82, 2.24) is 14.9 Å². The Hall–Kier alpha value is -1.37. The number of nitrogens with two attached hydrogens (primary N) is 1. The van der Waals surface area contributed by atoms with E-state index in [1.165, 1.54) is 0 Å². The zero-order valence-corrected chi connectivity index (χ0v) is 11.7. The van der Waals surface area contributed by atoms with Gasteiger partial charge in [0.2, 0.25) is 11.9 Å². The van der Waals surface area contributed by atoms with Gasteiger partial charge >= 0.3 is 0 Å². The van der Waals surface area contributed by atoms with E-state index in [1.807, 2.05) is 6.92 Å². The number of hydrogen-bond acceptors (Lipinski definition) is 5. The molecule has 3 N–H and O–H groups in total. The van der Waals surface area contributed by atoms with Crippen LogP contribution in [0.15, 0.2) is 10.7 Å². The highest BCUT2D eigenvalue weighted by Crippen LogP contribution is 2.13. The van der Waals surface area contributed by atoms with Gasteiger partial charge in [0, 0.05) is 19.7 Å². The molecule has 1 atom stereocenters. The minimum absolute atomic E-state index is 0.0188. The molecule has 1 heterocycles. The van der Waals surface area contributed by atoms with Crippen LogP contribution in [0.3, 0.4) is 0 Å².